The van der Waals surface area contributed by atoms with Crippen LogP contribution in [-0.2, 0) is 6.42 Å². The number of H-pyrrole nitrogens is 1. The van der Waals surface area contributed by atoms with Crippen molar-refractivity contribution in [1.82, 2.24) is 19.9 Å². The second-order valence-electron chi connectivity index (χ2n) is 7.24. The number of nitrogen functional groups attached to an aromatic ring is 1. The maximum Gasteiger partial charge on any atom is 0.224 e. The predicted molar refractivity (Wildman–Crippen MR) is 104 cm³/mol. The summed E-state index contributed by atoms with van der Waals surface area (Å²) in [6.07, 6.45) is 6.12. The van der Waals surface area contributed by atoms with E-state index in [-0.39, 0.29) is 5.95 Å². The van der Waals surface area contributed by atoms with Gasteiger partial charge in [-0.05, 0) is 49.8 Å². The van der Waals surface area contributed by atoms with Crippen molar-refractivity contribution in [2.24, 2.45) is 0 Å². The van der Waals surface area contributed by atoms with Gasteiger partial charge in [0.2, 0.25) is 5.95 Å². The fraction of sp³-hybridized carbons (Fsp3) is 0.350. The van der Waals surface area contributed by atoms with E-state index in [0.29, 0.717) is 5.65 Å². The molecule has 7 heteroatoms. The van der Waals surface area contributed by atoms with Gasteiger partial charge >= 0.3 is 0 Å². The molecule has 3 heterocycles. The van der Waals surface area contributed by atoms with Gasteiger partial charge < -0.3 is 20.7 Å². The molecule has 1 aromatic carbocycles. The molecule has 5 rings (SSSR count). The Balaban J connectivity index is 1.55. The Kier molecular flexibility index (Phi) is 3.55. The van der Waals surface area contributed by atoms with Crippen LogP contribution < -0.4 is 10.6 Å². The summed E-state index contributed by atoms with van der Waals surface area (Å²) in [5.41, 5.74) is 9.58. The summed E-state index contributed by atoms with van der Waals surface area (Å²) in [6.45, 7) is 0.806. The number of aliphatic hydroxyl groups is 1. The molecule has 0 unspecified atom stereocenters. The van der Waals surface area contributed by atoms with Gasteiger partial charge in [0.05, 0.1) is 6.33 Å². The van der Waals surface area contributed by atoms with E-state index in [4.69, 9.17) is 5.73 Å². The van der Waals surface area contributed by atoms with E-state index in [1.807, 2.05) is 6.07 Å². The van der Waals surface area contributed by atoms with Crippen LogP contribution in [0.25, 0.3) is 11.2 Å². The van der Waals surface area contributed by atoms with Crippen molar-refractivity contribution in [3.63, 3.8) is 0 Å². The molecule has 4 N–H and O–H groups in total. The Labute approximate surface area is 156 Å². The molecule has 2 aromatic heterocycles. The molecule has 1 saturated carbocycles. The molecule has 136 valence electrons. The molecule has 27 heavy (non-hydrogen) atoms. The number of aromatic amines is 1. The predicted octanol–water partition coefficient (Wildman–Crippen LogP) is 2.29. The molecular weight excluding hydrogens is 340 g/mol. The number of anilines is 3. The first kappa shape index (κ1) is 16.1. The number of hydrogen-bond donors (Lipinski definition) is 3. The van der Waals surface area contributed by atoms with E-state index < -0.39 is 5.60 Å². The van der Waals surface area contributed by atoms with Crippen LogP contribution in [0.3, 0.4) is 0 Å². The quantitative estimate of drug-likeness (QED) is 0.575. The third-order valence-electron chi connectivity index (χ3n) is 5.39. The highest BCUT2D eigenvalue weighted by Gasteiger charge is 2.29. The van der Waals surface area contributed by atoms with Crippen molar-refractivity contribution >= 4 is 28.6 Å². The minimum Gasteiger partial charge on any atom is -0.378 e. The van der Waals surface area contributed by atoms with Gasteiger partial charge in [-0.3, -0.25) is 0 Å². The van der Waals surface area contributed by atoms with Crippen LogP contribution in [0.4, 0.5) is 17.5 Å². The lowest BCUT2D eigenvalue weighted by Crippen LogP contribution is -2.20. The molecule has 0 bridgehead atoms. The Hall–Kier alpha value is -3.11. The largest absolute Gasteiger partial charge is 0.378 e. The maximum absolute atomic E-state index is 10.5. The summed E-state index contributed by atoms with van der Waals surface area (Å²) in [5, 5.41) is 10.5. The third kappa shape index (κ3) is 2.78. The number of fused-ring (bicyclic) bond motifs is 2. The topological polar surface area (TPSA) is 104 Å². The van der Waals surface area contributed by atoms with Crippen LogP contribution in [0.2, 0.25) is 0 Å². The molecule has 1 aliphatic carbocycles. The Morgan fingerprint density at radius 1 is 1.22 bits per heavy atom. The molecular formula is C20H20N6O. The van der Waals surface area contributed by atoms with E-state index in [0.717, 1.165) is 61.2 Å². The zero-order valence-electron chi connectivity index (χ0n) is 14.9. The number of nitrogens with zero attached hydrogens (tertiary/aromatic N) is 4. The molecule has 0 saturated heterocycles. The summed E-state index contributed by atoms with van der Waals surface area (Å²) in [6, 6.07) is 6.19. The Morgan fingerprint density at radius 2 is 2.07 bits per heavy atom. The van der Waals surface area contributed by atoms with Gasteiger partial charge in [0.1, 0.15) is 11.1 Å². The van der Waals surface area contributed by atoms with Gasteiger partial charge in [0, 0.05) is 17.8 Å². The second kappa shape index (κ2) is 5.96. The molecule has 0 spiro atoms. The second-order valence-corrected chi connectivity index (χ2v) is 7.24. The minimum absolute atomic E-state index is 0.206. The maximum atomic E-state index is 10.5. The SMILES string of the molecule is Nc1nc(N2CCc3ccc(C#CC4(O)CCCC4)cc32)c2[nH]cnc2n1. The van der Waals surface area contributed by atoms with Gasteiger partial charge in [-0.2, -0.15) is 9.97 Å². The first-order valence-corrected chi connectivity index (χ1v) is 9.24. The summed E-state index contributed by atoms with van der Waals surface area (Å²) in [4.78, 5) is 18.1. The van der Waals surface area contributed by atoms with Crippen molar-refractivity contribution in [2.75, 3.05) is 17.2 Å². The van der Waals surface area contributed by atoms with Crippen LogP contribution in [0.5, 0.6) is 0 Å². The monoisotopic (exact) mass is 360 g/mol. The highest BCUT2D eigenvalue weighted by atomic mass is 16.3. The van der Waals surface area contributed by atoms with Crippen molar-refractivity contribution in [3.05, 3.63) is 35.7 Å². The van der Waals surface area contributed by atoms with Gasteiger partial charge in [-0.15, -0.1) is 0 Å². The molecule has 0 amide bonds. The van der Waals surface area contributed by atoms with Gasteiger partial charge in [0.15, 0.2) is 11.5 Å². The summed E-state index contributed by atoms with van der Waals surface area (Å²) in [5.74, 6) is 7.18. The lowest BCUT2D eigenvalue weighted by Gasteiger charge is -2.19. The fourth-order valence-corrected chi connectivity index (χ4v) is 3.98. The highest BCUT2D eigenvalue weighted by Crippen LogP contribution is 2.37. The van der Waals surface area contributed by atoms with Crippen molar-refractivity contribution in [3.8, 4) is 11.8 Å². The summed E-state index contributed by atoms with van der Waals surface area (Å²) >= 11 is 0. The molecule has 7 nitrogen and oxygen atoms in total. The smallest absolute Gasteiger partial charge is 0.224 e. The lowest BCUT2D eigenvalue weighted by molar-refractivity contribution is 0.110. The van der Waals surface area contributed by atoms with E-state index in [2.05, 4.69) is 48.8 Å². The standard InChI is InChI=1S/C20H20N6O/c21-19-24-17-16(22-12-23-17)18(25-19)26-10-6-14-4-3-13(11-15(14)26)5-9-20(27)7-1-2-8-20/h3-4,11-12,27H,1-2,6-8,10H2,(H3,21,22,23,24,25). The number of benzene rings is 1. The third-order valence-corrected chi connectivity index (χ3v) is 5.39. The van der Waals surface area contributed by atoms with Crippen LogP contribution in [0.1, 0.15) is 36.8 Å². The number of rotatable bonds is 1. The molecule has 0 radical (unpaired) electrons. The van der Waals surface area contributed by atoms with E-state index in [1.54, 1.807) is 6.33 Å². The van der Waals surface area contributed by atoms with Gasteiger partial charge in [-0.25, -0.2) is 4.98 Å². The van der Waals surface area contributed by atoms with E-state index >= 15 is 0 Å². The fourth-order valence-electron chi connectivity index (χ4n) is 3.98. The summed E-state index contributed by atoms with van der Waals surface area (Å²) < 4.78 is 0. The molecule has 2 aliphatic rings. The zero-order chi connectivity index (χ0) is 18.4. The average molecular weight is 360 g/mol. The molecule has 0 atom stereocenters. The van der Waals surface area contributed by atoms with E-state index in [9.17, 15) is 5.11 Å². The first-order chi connectivity index (χ1) is 13.1. The van der Waals surface area contributed by atoms with Crippen molar-refractivity contribution < 1.29 is 5.11 Å². The molecule has 3 aromatic rings. The van der Waals surface area contributed by atoms with Crippen molar-refractivity contribution in [2.45, 2.75) is 37.7 Å². The van der Waals surface area contributed by atoms with Crippen LogP contribution in [-0.4, -0.2) is 37.2 Å². The van der Waals surface area contributed by atoms with Crippen molar-refractivity contribution in [1.29, 1.82) is 0 Å². The molecule has 1 fully saturated rings. The number of nitrogens with two attached hydrogens (primary N) is 1. The number of nitrogens with one attached hydrogen (secondary N) is 1. The minimum atomic E-state index is -0.831. The Morgan fingerprint density at radius 3 is 2.93 bits per heavy atom. The van der Waals surface area contributed by atoms with E-state index in [1.165, 1.54) is 5.56 Å². The first-order valence-electron chi connectivity index (χ1n) is 9.24. The lowest BCUT2D eigenvalue weighted by atomic mass is 10.0. The summed E-state index contributed by atoms with van der Waals surface area (Å²) in [7, 11) is 0. The molecule has 1 aliphatic heterocycles. The van der Waals surface area contributed by atoms with Gasteiger partial charge in [-0.1, -0.05) is 17.9 Å². The van der Waals surface area contributed by atoms with Gasteiger partial charge in [0.25, 0.3) is 0 Å². The number of imidazole rings is 1. The highest BCUT2D eigenvalue weighted by molar-refractivity contribution is 5.88. The van der Waals surface area contributed by atoms with Crippen LogP contribution >= 0.6 is 0 Å². The zero-order valence-corrected chi connectivity index (χ0v) is 14.9. The number of aromatic nitrogens is 4. The normalized spacial score (nSPS) is 17.7. The Bertz CT molecular complexity index is 1090. The van der Waals surface area contributed by atoms with Crippen LogP contribution in [0, 0.1) is 11.8 Å². The average Bonchev–Trinajstić information content (AvgIpc) is 3.38. The number of hydrogen-bond acceptors (Lipinski definition) is 6. The van der Waals surface area contributed by atoms with Crippen LogP contribution in [0.15, 0.2) is 24.5 Å².